The molecule has 0 aromatic carbocycles. The van der Waals surface area contributed by atoms with Gasteiger partial charge in [-0.05, 0) is 19.8 Å². The molecule has 0 radical (unpaired) electrons. The van der Waals surface area contributed by atoms with Crippen molar-refractivity contribution >= 4 is 0 Å². The molecule has 76 valence electrons. The number of hydrogen-bond donors (Lipinski definition) is 2. The van der Waals surface area contributed by atoms with Crippen LogP contribution in [0, 0.1) is 12.3 Å². The number of nitrogens with two attached hydrogens (primary N) is 1. The molecule has 3 heteroatoms. The predicted molar refractivity (Wildman–Crippen MR) is 54.9 cm³/mol. The predicted octanol–water partition coefficient (Wildman–Crippen LogP) is 1.05. The second kappa shape index (κ2) is 5.98. The SMILES string of the molecule is C#CCCC(NN)C(C)(CC)OC. The summed E-state index contributed by atoms with van der Waals surface area (Å²) in [6.45, 7) is 4.11. The zero-order valence-corrected chi connectivity index (χ0v) is 8.76. The normalized spacial score (nSPS) is 17.5. The van der Waals surface area contributed by atoms with Gasteiger partial charge in [0.25, 0.3) is 0 Å². The van der Waals surface area contributed by atoms with Crippen LogP contribution in [0.4, 0.5) is 0 Å². The maximum atomic E-state index is 5.45. The van der Waals surface area contributed by atoms with E-state index in [9.17, 15) is 0 Å². The Hall–Kier alpha value is -0.560. The van der Waals surface area contributed by atoms with Crippen molar-refractivity contribution < 1.29 is 4.74 Å². The Bertz CT molecular complexity index is 170. The van der Waals surface area contributed by atoms with E-state index < -0.39 is 0 Å². The first-order chi connectivity index (χ1) is 6.14. The van der Waals surface area contributed by atoms with E-state index in [1.807, 2.05) is 6.92 Å². The maximum absolute atomic E-state index is 5.45. The second-order valence-electron chi connectivity index (χ2n) is 3.33. The lowest BCUT2D eigenvalue weighted by Crippen LogP contribution is -2.52. The number of ether oxygens (including phenoxy) is 1. The third kappa shape index (κ3) is 3.35. The number of hydrogen-bond acceptors (Lipinski definition) is 3. The first-order valence-electron chi connectivity index (χ1n) is 4.59. The van der Waals surface area contributed by atoms with Gasteiger partial charge >= 0.3 is 0 Å². The van der Waals surface area contributed by atoms with E-state index in [1.54, 1.807) is 7.11 Å². The number of terminal acetylenes is 1. The van der Waals surface area contributed by atoms with E-state index in [4.69, 9.17) is 17.0 Å². The Morgan fingerprint density at radius 3 is 2.62 bits per heavy atom. The summed E-state index contributed by atoms with van der Waals surface area (Å²) in [5.74, 6) is 8.05. The van der Waals surface area contributed by atoms with Gasteiger partial charge < -0.3 is 4.74 Å². The highest BCUT2D eigenvalue weighted by molar-refractivity contribution is 4.92. The molecule has 0 rings (SSSR count). The molecule has 2 atom stereocenters. The minimum atomic E-state index is -0.231. The van der Waals surface area contributed by atoms with Gasteiger partial charge in [-0.2, -0.15) is 0 Å². The number of rotatable bonds is 6. The van der Waals surface area contributed by atoms with Gasteiger partial charge in [0.1, 0.15) is 0 Å². The highest BCUT2D eigenvalue weighted by atomic mass is 16.5. The van der Waals surface area contributed by atoms with E-state index >= 15 is 0 Å². The van der Waals surface area contributed by atoms with Gasteiger partial charge in [-0.25, -0.2) is 0 Å². The molecule has 0 saturated carbocycles. The molecule has 0 aliphatic heterocycles. The first kappa shape index (κ1) is 12.4. The summed E-state index contributed by atoms with van der Waals surface area (Å²) < 4.78 is 5.43. The summed E-state index contributed by atoms with van der Waals surface area (Å²) in [7, 11) is 1.70. The van der Waals surface area contributed by atoms with Crippen LogP contribution in [-0.4, -0.2) is 18.8 Å². The fourth-order valence-electron chi connectivity index (χ4n) is 1.33. The van der Waals surface area contributed by atoms with Crippen molar-refractivity contribution in [2.24, 2.45) is 5.84 Å². The Morgan fingerprint density at radius 2 is 2.31 bits per heavy atom. The summed E-state index contributed by atoms with van der Waals surface area (Å²) in [6, 6.07) is 0.110. The van der Waals surface area contributed by atoms with Crippen LogP contribution in [0.1, 0.15) is 33.1 Å². The van der Waals surface area contributed by atoms with E-state index in [0.717, 1.165) is 12.8 Å². The van der Waals surface area contributed by atoms with Gasteiger partial charge in [0.15, 0.2) is 0 Å². The summed E-state index contributed by atoms with van der Waals surface area (Å²) in [5.41, 5.74) is 2.53. The number of hydrazine groups is 1. The largest absolute Gasteiger partial charge is 0.377 e. The van der Waals surface area contributed by atoms with Crippen LogP contribution in [0.2, 0.25) is 0 Å². The third-order valence-electron chi connectivity index (χ3n) is 2.68. The Labute approximate surface area is 81.0 Å². The molecule has 0 bridgehead atoms. The van der Waals surface area contributed by atoms with E-state index in [2.05, 4.69) is 18.3 Å². The van der Waals surface area contributed by atoms with Gasteiger partial charge in [-0.15, -0.1) is 12.3 Å². The molecule has 0 saturated heterocycles. The van der Waals surface area contributed by atoms with Crippen molar-refractivity contribution in [3.8, 4) is 12.3 Å². The molecule has 0 aromatic rings. The quantitative estimate of drug-likeness (QED) is 0.368. The lowest BCUT2D eigenvalue weighted by molar-refractivity contribution is -0.0307. The molecule has 0 amide bonds. The van der Waals surface area contributed by atoms with Gasteiger partial charge in [-0.3, -0.25) is 11.3 Å². The second-order valence-corrected chi connectivity index (χ2v) is 3.33. The highest BCUT2D eigenvalue weighted by Crippen LogP contribution is 2.21. The van der Waals surface area contributed by atoms with Gasteiger partial charge in [0.2, 0.25) is 0 Å². The van der Waals surface area contributed by atoms with E-state index in [0.29, 0.717) is 6.42 Å². The van der Waals surface area contributed by atoms with Gasteiger partial charge in [0, 0.05) is 13.5 Å². The summed E-state index contributed by atoms with van der Waals surface area (Å²) in [4.78, 5) is 0. The molecule has 13 heavy (non-hydrogen) atoms. The van der Waals surface area contributed by atoms with E-state index in [1.165, 1.54) is 0 Å². The molecule has 0 aliphatic carbocycles. The molecule has 3 nitrogen and oxygen atoms in total. The zero-order valence-electron chi connectivity index (χ0n) is 8.76. The molecular weight excluding hydrogens is 164 g/mol. The lowest BCUT2D eigenvalue weighted by atomic mass is 9.90. The Morgan fingerprint density at radius 1 is 1.69 bits per heavy atom. The molecule has 3 N–H and O–H groups in total. The molecule has 0 spiro atoms. The van der Waals surface area contributed by atoms with Crippen molar-refractivity contribution in [3.63, 3.8) is 0 Å². The minimum Gasteiger partial charge on any atom is -0.377 e. The first-order valence-corrected chi connectivity index (χ1v) is 4.59. The molecular formula is C10H20N2O. The monoisotopic (exact) mass is 184 g/mol. The minimum absolute atomic E-state index is 0.110. The molecule has 0 aromatic heterocycles. The Balaban J connectivity index is 4.27. The van der Waals surface area contributed by atoms with Crippen molar-refractivity contribution in [2.45, 2.75) is 44.8 Å². The van der Waals surface area contributed by atoms with Crippen LogP contribution in [0.25, 0.3) is 0 Å². The van der Waals surface area contributed by atoms with Crippen molar-refractivity contribution in [1.29, 1.82) is 0 Å². The summed E-state index contributed by atoms with van der Waals surface area (Å²) in [5, 5.41) is 0. The average molecular weight is 184 g/mol. The molecule has 2 unspecified atom stereocenters. The number of methoxy groups -OCH3 is 1. The zero-order chi connectivity index (χ0) is 10.3. The Kier molecular flexibility index (Phi) is 5.72. The van der Waals surface area contributed by atoms with Crippen molar-refractivity contribution in [3.05, 3.63) is 0 Å². The topological polar surface area (TPSA) is 47.3 Å². The van der Waals surface area contributed by atoms with Crippen LogP contribution in [-0.2, 0) is 4.74 Å². The van der Waals surface area contributed by atoms with Crippen LogP contribution in [0.3, 0.4) is 0 Å². The van der Waals surface area contributed by atoms with Gasteiger partial charge in [-0.1, -0.05) is 6.92 Å². The lowest BCUT2D eigenvalue weighted by Gasteiger charge is -2.35. The fraction of sp³-hybridized carbons (Fsp3) is 0.800. The molecule has 0 fully saturated rings. The number of nitrogens with one attached hydrogen (secondary N) is 1. The smallest absolute Gasteiger partial charge is 0.0814 e. The summed E-state index contributed by atoms with van der Waals surface area (Å²) in [6.07, 6.45) is 7.66. The molecule has 0 aliphatic rings. The highest BCUT2D eigenvalue weighted by Gasteiger charge is 2.30. The van der Waals surface area contributed by atoms with Crippen LogP contribution in [0.5, 0.6) is 0 Å². The standard InChI is InChI=1S/C10H20N2O/c1-5-7-8-9(12-11)10(3,6-2)13-4/h1,9,12H,6-8,11H2,2-4H3. The molecule has 0 heterocycles. The van der Waals surface area contributed by atoms with Crippen LogP contribution < -0.4 is 11.3 Å². The summed E-state index contributed by atoms with van der Waals surface area (Å²) >= 11 is 0. The maximum Gasteiger partial charge on any atom is 0.0814 e. The average Bonchev–Trinajstić information content (AvgIpc) is 2.18. The fourth-order valence-corrected chi connectivity index (χ4v) is 1.33. The van der Waals surface area contributed by atoms with Crippen LogP contribution >= 0.6 is 0 Å². The van der Waals surface area contributed by atoms with E-state index in [-0.39, 0.29) is 11.6 Å². The third-order valence-corrected chi connectivity index (χ3v) is 2.68. The van der Waals surface area contributed by atoms with Crippen molar-refractivity contribution in [2.75, 3.05) is 7.11 Å². The van der Waals surface area contributed by atoms with Crippen LogP contribution in [0.15, 0.2) is 0 Å². The van der Waals surface area contributed by atoms with Crippen molar-refractivity contribution in [1.82, 2.24) is 5.43 Å². The van der Waals surface area contributed by atoms with Gasteiger partial charge in [0.05, 0.1) is 11.6 Å².